The van der Waals surface area contributed by atoms with Gasteiger partial charge in [-0.3, -0.25) is 14.5 Å². The van der Waals surface area contributed by atoms with Crippen LogP contribution in [0.4, 0.5) is 0 Å². The van der Waals surface area contributed by atoms with E-state index in [1.165, 1.54) is 0 Å². The molecule has 6 heteroatoms. The molecular weight excluding hydrogens is 272 g/mol. The number of amides is 1. The number of carbonyl (C=O) groups is 2. The second kappa shape index (κ2) is 6.32. The van der Waals surface area contributed by atoms with E-state index in [1.54, 1.807) is 13.8 Å². The Morgan fingerprint density at radius 2 is 1.67 bits per heavy atom. The highest BCUT2D eigenvalue weighted by Crippen LogP contribution is 2.32. The summed E-state index contributed by atoms with van der Waals surface area (Å²) in [5.74, 6) is -1.13. The lowest BCUT2D eigenvalue weighted by Gasteiger charge is -2.38. The van der Waals surface area contributed by atoms with Crippen molar-refractivity contribution in [1.82, 2.24) is 9.80 Å². The molecule has 0 radical (unpaired) electrons. The van der Waals surface area contributed by atoms with Crippen LogP contribution in [-0.4, -0.2) is 70.2 Å². The summed E-state index contributed by atoms with van der Waals surface area (Å²) in [6.07, 6.45) is 1.79. The molecule has 0 bridgehead atoms. The molecule has 1 aliphatic heterocycles. The molecule has 2 unspecified atom stereocenters. The highest BCUT2D eigenvalue weighted by molar-refractivity contribution is 5.81. The Labute approximate surface area is 125 Å². The number of carboxylic acids is 1. The van der Waals surface area contributed by atoms with Gasteiger partial charge in [-0.1, -0.05) is 0 Å². The van der Waals surface area contributed by atoms with Crippen molar-refractivity contribution >= 4 is 11.9 Å². The summed E-state index contributed by atoms with van der Waals surface area (Å²) in [4.78, 5) is 27.4. The van der Waals surface area contributed by atoms with Crippen molar-refractivity contribution in [3.63, 3.8) is 0 Å². The topological polar surface area (TPSA) is 81.1 Å². The van der Waals surface area contributed by atoms with Gasteiger partial charge in [0.05, 0.1) is 11.5 Å². The lowest BCUT2D eigenvalue weighted by Crippen LogP contribution is -2.52. The summed E-state index contributed by atoms with van der Waals surface area (Å²) >= 11 is 0. The third-order valence-electron chi connectivity index (χ3n) is 4.43. The fraction of sp³-hybridized carbons (Fsp3) is 0.867. The summed E-state index contributed by atoms with van der Waals surface area (Å²) in [5, 5.41) is 18.8. The van der Waals surface area contributed by atoms with Gasteiger partial charge in [-0.25, -0.2) is 0 Å². The first-order chi connectivity index (χ1) is 9.76. The van der Waals surface area contributed by atoms with Crippen molar-refractivity contribution in [3.05, 3.63) is 0 Å². The first-order valence-electron chi connectivity index (χ1n) is 7.72. The maximum atomic E-state index is 12.4. The average Bonchev–Trinajstić information content (AvgIpc) is 2.86. The number of aliphatic hydroxyl groups is 1. The number of β-amino-alcohol motifs (C(OH)–C–C–N with tert-alkyl or cyclic N) is 1. The molecule has 120 valence electrons. The van der Waals surface area contributed by atoms with Gasteiger partial charge >= 0.3 is 5.97 Å². The van der Waals surface area contributed by atoms with Crippen molar-refractivity contribution in [1.29, 1.82) is 0 Å². The maximum absolute atomic E-state index is 12.4. The Hall–Kier alpha value is -1.14. The van der Waals surface area contributed by atoms with E-state index in [4.69, 9.17) is 5.11 Å². The standard InChI is InChI=1S/C15H26N2O4/c1-15(2,21)10-16-5-7-17(8-6-16)13(18)11-3-4-12(9-11)14(19)20/h11-12,21H,3-10H2,1-2H3,(H,19,20). The summed E-state index contributed by atoms with van der Waals surface area (Å²) in [7, 11) is 0. The Morgan fingerprint density at radius 3 is 2.14 bits per heavy atom. The Morgan fingerprint density at radius 1 is 1.10 bits per heavy atom. The summed E-state index contributed by atoms with van der Waals surface area (Å²) in [6.45, 7) is 7.06. The molecule has 1 saturated heterocycles. The van der Waals surface area contributed by atoms with Gasteiger partial charge in [0.25, 0.3) is 0 Å². The SMILES string of the molecule is CC(C)(O)CN1CCN(C(=O)C2CCC(C(=O)O)C2)CC1. The van der Waals surface area contributed by atoms with Crippen LogP contribution in [0.2, 0.25) is 0 Å². The molecule has 6 nitrogen and oxygen atoms in total. The molecule has 2 aliphatic rings. The predicted molar refractivity (Wildman–Crippen MR) is 77.8 cm³/mol. The van der Waals surface area contributed by atoms with Gasteiger partial charge in [0.15, 0.2) is 0 Å². The molecule has 0 aromatic carbocycles. The van der Waals surface area contributed by atoms with Crippen molar-refractivity contribution in [3.8, 4) is 0 Å². The van der Waals surface area contributed by atoms with Gasteiger partial charge in [-0.05, 0) is 33.1 Å². The minimum atomic E-state index is -0.778. The number of rotatable bonds is 4. The molecule has 0 aromatic heterocycles. The van der Waals surface area contributed by atoms with E-state index in [1.807, 2.05) is 4.90 Å². The zero-order valence-electron chi connectivity index (χ0n) is 12.9. The van der Waals surface area contributed by atoms with Crippen LogP contribution < -0.4 is 0 Å². The fourth-order valence-electron chi connectivity index (χ4n) is 3.36. The van der Waals surface area contributed by atoms with Crippen LogP contribution in [0.15, 0.2) is 0 Å². The van der Waals surface area contributed by atoms with E-state index in [0.717, 1.165) is 13.1 Å². The van der Waals surface area contributed by atoms with Crippen LogP contribution in [-0.2, 0) is 9.59 Å². The highest BCUT2D eigenvalue weighted by atomic mass is 16.4. The van der Waals surface area contributed by atoms with Gasteiger partial charge in [-0.2, -0.15) is 0 Å². The van der Waals surface area contributed by atoms with Crippen molar-refractivity contribution in [2.24, 2.45) is 11.8 Å². The van der Waals surface area contributed by atoms with Crippen LogP contribution in [0.1, 0.15) is 33.1 Å². The molecule has 1 saturated carbocycles. The Bertz CT molecular complexity index is 397. The number of aliphatic carboxylic acids is 1. The van der Waals surface area contributed by atoms with Gasteiger partial charge in [0.2, 0.25) is 5.91 Å². The van der Waals surface area contributed by atoms with Crippen LogP contribution in [0.3, 0.4) is 0 Å². The monoisotopic (exact) mass is 298 g/mol. The van der Waals surface area contributed by atoms with E-state index in [2.05, 4.69) is 4.90 Å². The normalized spacial score (nSPS) is 27.9. The highest BCUT2D eigenvalue weighted by Gasteiger charge is 2.36. The fourth-order valence-corrected chi connectivity index (χ4v) is 3.36. The average molecular weight is 298 g/mol. The number of piperazine rings is 1. The number of hydrogen-bond donors (Lipinski definition) is 2. The quantitative estimate of drug-likeness (QED) is 0.785. The van der Waals surface area contributed by atoms with Crippen LogP contribution >= 0.6 is 0 Å². The predicted octanol–water partition coefficient (Wildman–Crippen LogP) is 0.402. The molecule has 2 rings (SSSR count). The van der Waals surface area contributed by atoms with E-state index in [9.17, 15) is 14.7 Å². The molecule has 2 atom stereocenters. The van der Waals surface area contributed by atoms with Gasteiger partial charge in [0.1, 0.15) is 0 Å². The first kappa shape index (κ1) is 16.2. The molecule has 1 heterocycles. The van der Waals surface area contributed by atoms with Crippen LogP contribution in [0.5, 0.6) is 0 Å². The lowest BCUT2D eigenvalue weighted by atomic mass is 10.0. The molecule has 0 spiro atoms. The summed E-state index contributed by atoms with van der Waals surface area (Å²) in [5.41, 5.74) is -0.716. The largest absolute Gasteiger partial charge is 0.481 e. The smallest absolute Gasteiger partial charge is 0.306 e. The van der Waals surface area contributed by atoms with E-state index < -0.39 is 11.6 Å². The molecular formula is C15H26N2O4. The Balaban J connectivity index is 1.80. The number of nitrogens with zero attached hydrogens (tertiary/aromatic N) is 2. The van der Waals surface area contributed by atoms with Crippen molar-refractivity contribution in [2.45, 2.75) is 38.7 Å². The Kier molecular flexibility index (Phi) is 4.88. The van der Waals surface area contributed by atoms with Crippen LogP contribution in [0, 0.1) is 11.8 Å². The minimum Gasteiger partial charge on any atom is -0.481 e. The summed E-state index contributed by atoms with van der Waals surface area (Å²) < 4.78 is 0. The molecule has 2 fully saturated rings. The zero-order chi connectivity index (χ0) is 15.6. The molecule has 2 N–H and O–H groups in total. The lowest BCUT2D eigenvalue weighted by molar-refractivity contribution is -0.142. The molecule has 0 aromatic rings. The van der Waals surface area contributed by atoms with Gasteiger partial charge in [-0.15, -0.1) is 0 Å². The number of carbonyl (C=O) groups excluding carboxylic acids is 1. The van der Waals surface area contributed by atoms with E-state index in [-0.39, 0.29) is 17.7 Å². The summed E-state index contributed by atoms with van der Waals surface area (Å²) in [6, 6.07) is 0. The third-order valence-corrected chi connectivity index (χ3v) is 4.43. The zero-order valence-corrected chi connectivity index (χ0v) is 12.9. The molecule has 21 heavy (non-hydrogen) atoms. The molecule has 1 aliphatic carbocycles. The first-order valence-corrected chi connectivity index (χ1v) is 7.72. The molecule has 1 amide bonds. The second-order valence-electron chi connectivity index (χ2n) is 6.96. The van der Waals surface area contributed by atoms with Crippen LogP contribution in [0.25, 0.3) is 0 Å². The maximum Gasteiger partial charge on any atom is 0.306 e. The third kappa shape index (κ3) is 4.41. The number of hydrogen-bond acceptors (Lipinski definition) is 4. The number of carboxylic acid groups (broad SMARTS) is 1. The van der Waals surface area contributed by atoms with Crippen molar-refractivity contribution in [2.75, 3.05) is 32.7 Å². The van der Waals surface area contributed by atoms with E-state index in [0.29, 0.717) is 38.9 Å². The van der Waals surface area contributed by atoms with Gasteiger partial charge < -0.3 is 15.1 Å². The second-order valence-corrected chi connectivity index (χ2v) is 6.96. The van der Waals surface area contributed by atoms with Gasteiger partial charge in [0, 0.05) is 38.6 Å². The van der Waals surface area contributed by atoms with Crippen molar-refractivity contribution < 1.29 is 19.8 Å². The van der Waals surface area contributed by atoms with E-state index >= 15 is 0 Å². The minimum absolute atomic E-state index is 0.113.